The monoisotopic (exact) mass is 944 g/mol. The van der Waals surface area contributed by atoms with Crippen LogP contribution in [0.25, 0.3) is 88.7 Å². The van der Waals surface area contributed by atoms with Gasteiger partial charge in [0.05, 0.1) is 33.4 Å². The Labute approximate surface area is 429 Å². The average Bonchev–Trinajstić information content (AvgIpc) is 3.98. The second-order valence-electron chi connectivity index (χ2n) is 19.0. The smallest absolute Gasteiger partial charge is 0.0542 e. The molecule has 0 saturated heterocycles. The van der Waals surface area contributed by atoms with Crippen molar-refractivity contribution in [3.63, 3.8) is 0 Å². The van der Waals surface area contributed by atoms with E-state index < -0.39 is 0 Å². The van der Waals surface area contributed by atoms with Crippen molar-refractivity contribution in [2.24, 2.45) is 0 Å². The van der Waals surface area contributed by atoms with Crippen molar-refractivity contribution >= 4 is 111 Å². The molecule has 12 aromatic carbocycles. The first kappa shape index (κ1) is 42.9. The molecule has 0 radical (unpaired) electrons. The van der Waals surface area contributed by atoms with Crippen LogP contribution in [0.4, 0.5) is 34.1 Å². The molecule has 0 aliphatic heterocycles. The van der Waals surface area contributed by atoms with Crippen molar-refractivity contribution in [1.82, 2.24) is 9.13 Å². The van der Waals surface area contributed by atoms with Gasteiger partial charge in [-0.15, -0.1) is 0 Å². The standard InChI is InChI=1S/C70H48N4/c1-3-21-53(22-4-1)71(57-43-45-69-63(47-57)61-27-11-13-29-67(61)73(69)65-31-15-19-51-17-7-9-25-59(51)65)55-39-35-49(36-40-55)33-34-50-37-41-56(42-38-50)72(54-23-5-2-6-24-54)58-44-46-70-64(48-58)62-28-12-14-30-68(62)74(70)66-32-16-20-52-18-8-10-26-60(52)66/h1-48H/b34-33+. The summed E-state index contributed by atoms with van der Waals surface area (Å²) in [7, 11) is 0. The Kier molecular flexibility index (Phi) is 10.5. The van der Waals surface area contributed by atoms with Crippen molar-refractivity contribution in [2.45, 2.75) is 0 Å². The van der Waals surface area contributed by atoms with Gasteiger partial charge in [-0.2, -0.15) is 0 Å². The lowest BCUT2D eigenvalue weighted by Gasteiger charge is -2.26. The number of nitrogens with zero attached hydrogens (tertiary/aromatic N) is 4. The maximum atomic E-state index is 2.42. The van der Waals surface area contributed by atoms with Gasteiger partial charge in [0.2, 0.25) is 0 Å². The second-order valence-corrected chi connectivity index (χ2v) is 19.0. The van der Waals surface area contributed by atoms with Gasteiger partial charge < -0.3 is 18.9 Å². The van der Waals surface area contributed by atoms with E-state index in [0.717, 1.165) is 45.3 Å². The van der Waals surface area contributed by atoms with E-state index in [-0.39, 0.29) is 0 Å². The third kappa shape index (κ3) is 7.39. The van der Waals surface area contributed by atoms with Crippen molar-refractivity contribution < 1.29 is 0 Å². The summed E-state index contributed by atoms with van der Waals surface area (Å²) in [5.74, 6) is 0. The predicted octanol–water partition coefficient (Wildman–Crippen LogP) is 19.3. The van der Waals surface area contributed by atoms with Crippen LogP contribution >= 0.6 is 0 Å². The maximum Gasteiger partial charge on any atom is 0.0542 e. The number of para-hydroxylation sites is 4. The van der Waals surface area contributed by atoms with Crippen molar-refractivity contribution in [2.75, 3.05) is 9.80 Å². The minimum absolute atomic E-state index is 1.09. The highest BCUT2D eigenvalue weighted by atomic mass is 15.1. The van der Waals surface area contributed by atoms with Gasteiger partial charge in [0.1, 0.15) is 0 Å². The Morgan fingerprint density at radius 2 is 0.554 bits per heavy atom. The molecule has 348 valence electrons. The van der Waals surface area contributed by atoms with E-state index >= 15 is 0 Å². The average molecular weight is 945 g/mol. The van der Waals surface area contributed by atoms with Crippen LogP contribution in [0.15, 0.2) is 279 Å². The quantitative estimate of drug-likeness (QED) is 0.127. The van der Waals surface area contributed by atoms with E-state index in [1.54, 1.807) is 0 Å². The largest absolute Gasteiger partial charge is 0.310 e. The summed E-state index contributed by atoms with van der Waals surface area (Å²) < 4.78 is 4.84. The van der Waals surface area contributed by atoms with Crippen LogP contribution in [0, 0.1) is 0 Å². The molecule has 14 aromatic rings. The topological polar surface area (TPSA) is 16.3 Å². The fraction of sp³-hybridized carbons (Fsp3) is 0. The highest BCUT2D eigenvalue weighted by Gasteiger charge is 2.20. The lowest BCUT2D eigenvalue weighted by Crippen LogP contribution is -2.09. The van der Waals surface area contributed by atoms with Gasteiger partial charge in [-0.3, -0.25) is 0 Å². The van der Waals surface area contributed by atoms with E-state index in [2.05, 4.69) is 310 Å². The Balaban J connectivity index is 0.778. The number of benzene rings is 12. The molecule has 0 fully saturated rings. The minimum Gasteiger partial charge on any atom is -0.310 e. The Morgan fingerprint density at radius 1 is 0.230 bits per heavy atom. The van der Waals surface area contributed by atoms with Crippen LogP contribution in [-0.2, 0) is 0 Å². The van der Waals surface area contributed by atoms with Crippen LogP contribution in [-0.4, -0.2) is 9.13 Å². The van der Waals surface area contributed by atoms with Crippen molar-refractivity contribution in [3.8, 4) is 11.4 Å². The number of fused-ring (bicyclic) bond motifs is 8. The van der Waals surface area contributed by atoms with E-state index in [1.165, 1.54) is 76.5 Å². The maximum absolute atomic E-state index is 2.42. The molecular formula is C70H48N4. The Bertz CT molecular complexity index is 4120. The predicted molar refractivity (Wildman–Crippen MR) is 315 cm³/mol. The molecular weight excluding hydrogens is 897 g/mol. The fourth-order valence-electron chi connectivity index (χ4n) is 11.2. The Hall–Kier alpha value is -9.90. The molecule has 0 spiro atoms. The summed E-state index contributed by atoms with van der Waals surface area (Å²) in [5, 5.41) is 9.81. The van der Waals surface area contributed by atoms with Gasteiger partial charge in [-0.05, 0) is 131 Å². The summed E-state index contributed by atoms with van der Waals surface area (Å²) in [4.78, 5) is 4.71. The van der Waals surface area contributed by atoms with E-state index in [9.17, 15) is 0 Å². The van der Waals surface area contributed by atoms with Gasteiger partial charge in [-0.1, -0.05) is 182 Å². The Morgan fingerprint density at radius 3 is 0.986 bits per heavy atom. The lowest BCUT2D eigenvalue weighted by atomic mass is 10.1. The molecule has 0 aliphatic carbocycles. The zero-order valence-corrected chi connectivity index (χ0v) is 40.5. The molecule has 14 rings (SSSR count). The van der Waals surface area contributed by atoms with E-state index in [1.807, 2.05) is 0 Å². The highest BCUT2D eigenvalue weighted by molar-refractivity contribution is 6.13. The highest BCUT2D eigenvalue weighted by Crippen LogP contribution is 2.43. The molecule has 2 aromatic heterocycles. The molecule has 0 bridgehead atoms. The van der Waals surface area contributed by atoms with Crippen LogP contribution in [0.5, 0.6) is 0 Å². The zero-order chi connectivity index (χ0) is 49.0. The molecule has 0 unspecified atom stereocenters. The zero-order valence-electron chi connectivity index (χ0n) is 40.5. The molecule has 2 heterocycles. The molecule has 0 saturated carbocycles. The summed E-state index contributed by atoms with van der Waals surface area (Å²) in [6, 6.07) is 101. The van der Waals surface area contributed by atoms with Gasteiger partial charge in [0.25, 0.3) is 0 Å². The first-order valence-corrected chi connectivity index (χ1v) is 25.3. The van der Waals surface area contributed by atoms with Gasteiger partial charge in [-0.25, -0.2) is 0 Å². The van der Waals surface area contributed by atoms with Crippen LogP contribution in [0.3, 0.4) is 0 Å². The number of rotatable bonds is 10. The first-order chi connectivity index (χ1) is 36.7. The third-order valence-corrected chi connectivity index (χ3v) is 14.6. The number of hydrogen-bond acceptors (Lipinski definition) is 2. The van der Waals surface area contributed by atoms with Gasteiger partial charge >= 0.3 is 0 Å². The minimum atomic E-state index is 1.09. The molecule has 0 N–H and O–H groups in total. The second kappa shape index (κ2) is 18.1. The summed E-state index contributed by atoms with van der Waals surface area (Å²) >= 11 is 0. The fourth-order valence-corrected chi connectivity index (χ4v) is 11.2. The van der Waals surface area contributed by atoms with Crippen LogP contribution in [0.1, 0.15) is 11.1 Å². The lowest BCUT2D eigenvalue weighted by molar-refractivity contribution is 1.20. The summed E-state index contributed by atoms with van der Waals surface area (Å²) in [5.41, 5.74) is 16.0. The molecule has 0 atom stereocenters. The molecule has 74 heavy (non-hydrogen) atoms. The molecule has 4 heteroatoms. The summed E-state index contributed by atoms with van der Waals surface area (Å²) in [6.45, 7) is 0. The number of aromatic nitrogens is 2. The van der Waals surface area contributed by atoms with Gasteiger partial charge in [0.15, 0.2) is 0 Å². The SMILES string of the molecule is C(=C\c1ccc(N(c2ccccc2)c2ccc3c(c2)c2ccccc2n3-c2cccc3ccccc23)cc1)/c1ccc(N(c2ccccc2)c2ccc3c(c2)c2ccccc2n3-c2cccc3ccccc23)cc1. The third-order valence-electron chi connectivity index (χ3n) is 14.6. The van der Waals surface area contributed by atoms with Crippen LogP contribution in [0.2, 0.25) is 0 Å². The molecule has 0 amide bonds. The van der Waals surface area contributed by atoms with Gasteiger partial charge in [0, 0.05) is 66.4 Å². The van der Waals surface area contributed by atoms with Crippen molar-refractivity contribution in [1.29, 1.82) is 0 Å². The van der Waals surface area contributed by atoms with E-state index in [0.29, 0.717) is 0 Å². The number of hydrogen-bond donors (Lipinski definition) is 0. The van der Waals surface area contributed by atoms with E-state index in [4.69, 9.17) is 0 Å². The molecule has 0 aliphatic rings. The van der Waals surface area contributed by atoms with Crippen LogP contribution < -0.4 is 9.80 Å². The normalized spacial score (nSPS) is 11.7. The first-order valence-electron chi connectivity index (χ1n) is 25.3. The number of anilines is 6. The molecule has 4 nitrogen and oxygen atoms in total. The summed E-state index contributed by atoms with van der Waals surface area (Å²) in [6.07, 6.45) is 4.41. The van der Waals surface area contributed by atoms with Crippen molar-refractivity contribution in [3.05, 3.63) is 290 Å².